The molecule has 13 heavy (non-hydrogen) atoms. The lowest BCUT2D eigenvalue weighted by Crippen LogP contribution is -2.16. The van der Waals surface area contributed by atoms with Crippen LogP contribution in [0.25, 0.3) is 0 Å². The SMILES string of the molecule is O=C=NS(=O)(=O)CC(Cl)CC(Cl)Cl. The Kier molecular flexibility index (Phi) is 5.92. The minimum absolute atomic E-state index is 0.109. The molecule has 1 atom stereocenters. The van der Waals surface area contributed by atoms with Crippen molar-refractivity contribution in [3.05, 3.63) is 0 Å². The highest BCUT2D eigenvalue weighted by atomic mass is 35.5. The Bertz CT molecular complexity index is 296. The quantitative estimate of drug-likeness (QED) is 0.430. The van der Waals surface area contributed by atoms with Crippen molar-refractivity contribution in [3.63, 3.8) is 0 Å². The van der Waals surface area contributed by atoms with E-state index in [0.29, 0.717) is 0 Å². The lowest BCUT2D eigenvalue weighted by atomic mass is 10.4. The molecular weight excluding hydrogens is 260 g/mol. The first-order valence-corrected chi connectivity index (χ1v) is 6.03. The van der Waals surface area contributed by atoms with Crippen LogP contribution in [-0.2, 0) is 14.8 Å². The summed E-state index contributed by atoms with van der Waals surface area (Å²) >= 11 is 16.3. The van der Waals surface area contributed by atoms with Gasteiger partial charge >= 0.3 is 0 Å². The number of sulfonamides is 1. The van der Waals surface area contributed by atoms with Crippen LogP contribution in [0.1, 0.15) is 6.42 Å². The van der Waals surface area contributed by atoms with Crippen LogP contribution in [0.2, 0.25) is 0 Å². The molecule has 0 saturated carbocycles. The fourth-order valence-corrected chi connectivity index (χ4v) is 2.63. The summed E-state index contributed by atoms with van der Waals surface area (Å²) in [6.07, 6.45) is 1.04. The highest BCUT2D eigenvalue weighted by molar-refractivity contribution is 7.90. The monoisotopic (exact) mass is 265 g/mol. The average Bonchev–Trinajstić information content (AvgIpc) is 1.81. The maximum Gasteiger partial charge on any atom is 0.264 e. The van der Waals surface area contributed by atoms with Gasteiger partial charge in [-0.25, -0.2) is 13.2 Å². The third kappa shape index (κ3) is 7.28. The third-order valence-electron chi connectivity index (χ3n) is 1.00. The average molecular weight is 267 g/mol. The number of halogens is 3. The lowest BCUT2D eigenvalue weighted by molar-refractivity contribution is 0.563. The van der Waals surface area contributed by atoms with Gasteiger partial charge in [-0.15, -0.1) is 34.8 Å². The van der Waals surface area contributed by atoms with Crippen LogP contribution in [0, 0.1) is 0 Å². The second kappa shape index (κ2) is 5.83. The van der Waals surface area contributed by atoms with E-state index in [1.54, 1.807) is 0 Å². The Morgan fingerprint density at radius 1 is 1.31 bits per heavy atom. The Morgan fingerprint density at radius 2 is 1.85 bits per heavy atom. The number of hydrogen-bond acceptors (Lipinski definition) is 3. The fraction of sp³-hybridized carbons (Fsp3) is 0.800. The maximum absolute atomic E-state index is 10.8. The van der Waals surface area contributed by atoms with Crippen molar-refractivity contribution in [3.8, 4) is 0 Å². The summed E-state index contributed by atoms with van der Waals surface area (Å²) in [5, 5.41) is -0.762. The van der Waals surface area contributed by atoms with Gasteiger partial charge in [0.25, 0.3) is 16.1 Å². The van der Waals surface area contributed by atoms with E-state index in [2.05, 4.69) is 4.40 Å². The highest BCUT2D eigenvalue weighted by Gasteiger charge is 2.18. The molecule has 0 aromatic heterocycles. The molecule has 0 amide bonds. The summed E-state index contributed by atoms with van der Waals surface area (Å²) in [6.45, 7) is 0. The summed E-state index contributed by atoms with van der Waals surface area (Å²) in [4.78, 5) is 8.92. The van der Waals surface area contributed by atoms with Gasteiger partial charge in [-0.05, 0) is 6.42 Å². The van der Waals surface area contributed by atoms with Gasteiger partial charge in [-0.1, -0.05) is 4.40 Å². The number of carbonyl (C=O) groups excluding carboxylic acids is 1. The topological polar surface area (TPSA) is 63.6 Å². The summed E-state index contributed by atoms with van der Waals surface area (Å²) in [7, 11) is -3.82. The normalized spacial score (nSPS) is 13.8. The molecule has 0 aromatic rings. The largest absolute Gasteiger partial charge is 0.264 e. The van der Waals surface area contributed by atoms with Gasteiger partial charge in [0, 0.05) is 0 Å². The van der Waals surface area contributed by atoms with Crippen molar-refractivity contribution < 1.29 is 13.2 Å². The summed E-state index contributed by atoms with van der Waals surface area (Å²) in [5.41, 5.74) is 0. The molecule has 0 saturated heterocycles. The smallest absolute Gasteiger partial charge is 0.210 e. The van der Waals surface area contributed by atoms with Crippen LogP contribution in [0.15, 0.2) is 4.40 Å². The van der Waals surface area contributed by atoms with E-state index in [1.807, 2.05) is 0 Å². The molecular formula is C5H6Cl3NO3S. The van der Waals surface area contributed by atoms with Gasteiger partial charge in [0.05, 0.1) is 11.1 Å². The van der Waals surface area contributed by atoms with Crippen LogP contribution in [0.3, 0.4) is 0 Å². The van der Waals surface area contributed by atoms with Crippen molar-refractivity contribution in [2.45, 2.75) is 16.6 Å². The molecule has 0 fully saturated rings. The molecule has 76 valence electrons. The third-order valence-corrected chi connectivity index (χ3v) is 3.05. The van der Waals surface area contributed by atoms with Crippen LogP contribution in [0.5, 0.6) is 0 Å². The van der Waals surface area contributed by atoms with Crippen LogP contribution >= 0.6 is 34.8 Å². The van der Waals surface area contributed by atoms with Crippen molar-refractivity contribution in [2.75, 3.05) is 5.75 Å². The number of hydrogen-bond donors (Lipinski definition) is 0. The standard InChI is InChI=1S/C5H6Cl3NO3S/c6-4(1-5(7)8)2-13(11,12)9-3-10/h4-5H,1-2H2. The lowest BCUT2D eigenvalue weighted by Gasteiger charge is -2.06. The van der Waals surface area contributed by atoms with Crippen LogP contribution in [-0.4, -0.2) is 30.5 Å². The maximum atomic E-state index is 10.8. The van der Waals surface area contributed by atoms with E-state index in [1.165, 1.54) is 0 Å². The van der Waals surface area contributed by atoms with E-state index >= 15 is 0 Å². The van der Waals surface area contributed by atoms with E-state index in [0.717, 1.165) is 6.08 Å². The summed E-state index contributed by atoms with van der Waals surface area (Å²) in [5.74, 6) is -0.472. The minimum Gasteiger partial charge on any atom is -0.210 e. The van der Waals surface area contributed by atoms with Crippen LogP contribution < -0.4 is 0 Å². The van der Waals surface area contributed by atoms with Gasteiger partial charge in [-0.3, -0.25) is 0 Å². The van der Waals surface area contributed by atoms with Crippen LogP contribution in [0.4, 0.5) is 0 Å². The van der Waals surface area contributed by atoms with Crippen molar-refractivity contribution in [2.24, 2.45) is 4.40 Å². The minimum atomic E-state index is -3.82. The van der Waals surface area contributed by atoms with E-state index in [-0.39, 0.29) is 6.42 Å². The molecule has 0 spiro atoms. The predicted octanol–water partition coefficient (Wildman–Crippen LogP) is 1.45. The Labute approximate surface area is 90.9 Å². The van der Waals surface area contributed by atoms with E-state index in [9.17, 15) is 13.2 Å². The molecule has 8 heteroatoms. The second-order valence-corrected chi connectivity index (χ2v) is 5.73. The first-order chi connectivity index (χ1) is 5.87. The first kappa shape index (κ1) is 13.2. The number of alkyl halides is 3. The van der Waals surface area contributed by atoms with Crippen molar-refractivity contribution >= 4 is 50.9 Å². The number of isocyanates is 1. The molecule has 0 N–H and O–H groups in total. The Morgan fingerprint density at radius 3 is 2.23 bits per heavy atom. The molecule has 0 aliphatic rings. The van der Waals surface area contributed by atoms with Gasteiger partial charge < -0.3 is 0 Å². The molecule has 0 aromatic carbocycles. The fourth-order valence-electron chi connectivity index (χ4n) is 0.584. The van der Waals surface area contributed by atoms with Crippen molar-refractivity contribution in [1.82, 2.24) is 0 Å². The first-order valence-electron chi connectivity index (χ1n) is 3.11. The van der Waals surface area contributed by atoms with Gasteiger partial charge in [-0.2, -0.15) is 0 Å². The highest BCUT2D eigenvalue weighted by Crippen LogP contribution is 2.16. The molecule has 0 heterocycles. The predicted molar refractivity (Wildman–Crippen MR) is 51.7 cm³/mol. The summed E-state index contributed by atoms with van der Waals surface area (Å²) in [6, 6.07) is 0. The molecule has 0 aliphatic heterocycles. The number of nitrogens with zero attached hydrogens (tertiary/aromatic N) is 1. The zero-order chi connectivity index (χ0) is 10.5. The van der Waals surface area contributed by atoms with E-state index < -0.39 is 26.0 Å². The Balaban J connectivity index is 4.20. The number of rotatable bonds is 5. The van der Waals surface area contributed by atoms with Crippen molar-refractivity contribution in [1.29, 1.82) is 0 Å². The molecule has 0 radical (unpaired) electrons. The zero-order valence-corrected chi connectivity index (χ0v) is 9.37. The molecule has 0 aliphatic carbocycles. The van der Waals surface area contributed by atoms with Gasteiger partial charge in [0.1, 0.15) is 4.84 Å². The Hall–Kier alpha value is 0.200. The molecule has 4 nitrogen and oxygen atoms in total. The molecule has 1 unspecified atom stereocenters. The molecule has 0 rings (SSSR count). The summed E-state index contributed by atoms with van der Waals surface area (Å²) < 4.78 is 24.2. The second-order valence-electron chi connectivity index (χ2n) is 2.16. The zero-order valence-electron chi connectivity index (χ0n) is 6.28. The van der Waals surface area contributed by atoms with Gasteiger partial charge in [0.2, 0.25) is 0 Å². The van der Waals surface area contributed by atoms with Gasteiger partial charge in [0.15, 0.2) is 0 Å². The molecule has 0 bridgehead atoms. The van der Waals surface area contributed by atoms with E-state index in [4.69, 9.17) is 34.8 Å².